The number of halogens is 1. The quantitative estimate of drug-likeness (QED) is 0.494. The molecule has 1 saturated heterocycles. The Morgan fingerprint density at radius 1 is 1.09 bits per heavy atom. The number of aromatic nitrogens is 4. The number of hydrogen-bond donors (Lipinski definition) is 2. The third-order valence-electron chi connectivity index (χ3n) is 5.65. The summed E-state index contributed by atoms with van der Waals surface area (Å²) in [6.45, 7) is 2.13. The number of nitrogens with zero attached hydrogens (tertiary/aromatic N) is 6. The number of carbonyl (C=O) groups is 4. The average molecular weight is 547 g/mol. The van der Waals surface area contributed by atoms with Crippen LogP contribution in [0.25, 0.3) is 5.69 Å². The first-order valence-electron chi connectivity index (χ1n) is 10.4. The highest BCUT2D eigenvalue weighted by atomic mass is 79.9. The lowest BCUT2D eigenvalue weighted by molar-refractivity contribution is 0.0594. The smallest absolute Gasteiger partial charge is 0.424 e. The number of oxazole rings is 1. The normalized spacial score (nSPS) is 17.7. The molecule has 1 aromatic carbocycles. The number of piperidine rings is 1. The van der Waals surface area contributed by atoms with Crippen LogP contribution < -0.4 is 0 Å². The first-order valence-corrected chi connectivity index (χ1v) is 11.2. The molecule has 2 N–H and O–H groups in total. The van der Waals surface area contributed by atoms with Gasteiger partial charge in [0.05, 0.1) is 29.6 Å². The van der Waals surface area contributed by atoms with E-state index in [1.807, 2.05) is 6.92 Å². The molecule has 0 bridgehead atoms. The van der Waals surface area contributed by atoms with E-state index in [0.29, 0.717) is 24.1 Å². The number of rotatable bonds is 4. The second-order valence-corrected chi connectivity index (χ2v) is 8.52. The standard InChI is InChI=1S/C21H19BrN6O7/c1-11-6-7-12(17-25-15(16(22)35-17)19(30)27(20(31)32)21(33)34)10-26(11)18(29)13-4-2-3-5-14(13)28-23-8-9-24-28/h2-5,8-9,11-12H,6-7,10H2,1H3,(H,31,32)(H,33,34)/t11-,12-/m1/s1. The Hall–Kier alpha value is -4.07. The molecular weight excluding hydrogens is 528 g/mol. The van der Waals surface area contributed by atoms with Crippen molar-refractivity contribution in [3.05, 3.63) is 58.5 Å². The molecule has 0 unspecified atom stereocenters. The van der Waals surface area contributed by atoms with E-state index >= 15 is 0 Å². The van der Waals surface area contributed by atoms with Crippen LogP contribution in [0, 0.1) is 0 Å². The first-order chi connectivity index (χ1) is 16.7. The van der Waals surface area contributed by atoms with E-state index in [-0.39, 0.29) is 34.0 Å². The van der Waals surface area contributed by atoms with Crippen LogP contribution in [0.2, 0.25) is 0 Å². The molecule has 0 spiro atoms. The van der Waals surface area contributed by atoms with Crippen LogP contribution in [0.15, 0.2) is 45.7 Å². The van der Waals surface area contributed by atoms with Gasteiger partial charge in [0.25, 0.3) is 11.8 Å². The number of hydrogen-bond acceptors (Lipinski definition) is 8. The van der Waals surface area contributed by atoms with Crippen LogP contribution >= 0.6 is 15.9 Å². The summed E-state index contributed by atoms with van der Waals surface area (Å²) in [5.41, 5.74) is 0.432. The maximum atomic E-state index is 13.5. The third-order valence-corrected chi connectivity index (χ3v) is 6.19. The van der Waals surface area contributed by atoms with Gasteiger partial charge in [0.1, 0.15) is 0 Å². The second kappa shape index (κ2) is 9.66. The van der Waals surface area contributed by atoms with Crippen LogP contribution in [-0.4, -0.2) is 76.6 Å². The predicted molar refractivity (Wildman–Crippen MR) is 120 cm³/mol. The number of carbonyl (C=O) groups excluding carboxylic acids is 2. The predicted octanol–water partition coefficient (Wildman–Crippen LogP) is 3.22. The number of imide groups is 3. The highest BCUT2D eigenvalue weighted by molar-refractivity contribution is 9.10. The Labute approximate surface area is 206 Å². The minimum absolute atomic E-state index is 0.0858. The van der Waals surface area contributed by atoms with Crippen LogP contribution in [0.3, 0.4) is 0 Å². The van der Waals surface area contributed by atoms with Gasteiger partial charge in [-0.15, -0.1) is 4.90 Å². The topological polar surface area (TPSA) is 172 Å². The van der Waals surface area contributed by atoms with Crippen molar-refractivity contribution >= 4 is 39.9 Å². The van der Waals surface area contributed by atoms with Gasteiger partial charge >= 0.3 is 12.2 Å². The fraction of sp³-hybridized carbons (Fsp3) is 0.286. The fourth-order valence-electron chi connectivity index (χ4n) is 3.90. The van der Waals surface area contributed by atoms with Crippen molar-refractivity contribution in [2.24, 2.45) is 0 Å². The van der Waals surface area contributed by atoms with E-state index < -0.39 is 29.7 Å². The second-order valence-electron chi connectivity index (χ2n) is 7.80. The van der Waals surface area contributed by atoms with Crippen molar-refractivity contribution in [2.45, 2.75) is 31.7 Å². The van der Waals surface area contributed by atoms with Crippen LogP contribution in [-0.2, 0) is 0 Å². The minimum atomic E-state index is -1.97. The molecular formula is C21H19BrN6O7. The van der Waals surface area contributed by atoms with Crippen molar-refractivity contribution in [1.82, 2.24) is 29.8 Å². The summed E-state index contributed by atoms with van der Waals surface area (Å²) in [6.07, 6.45) is 0.278. The van der Waals surface area contributed by atoms with Gasteiger partial charge in [0.15, 0.2) is 5.69 Å². The molecule has 3 heterocycles. The number of benzene rings is 1. The molecule has 0 aliphatic carbocycles. The number of carboxylic acid groups (broad SMARTS) is 2. The van der Waals surface area contributed by atoms with Gasteiger partial charge in [-0.3, -0.25) is 9.59 Å². The lowest BCUT2D eigenvalue weighted by atomic mass is 9.92. The zero-order valence-electron chi connectivity index (χ0n) is 18.2. The molecule has 35 heavy (non-hydrogen) atoms. The van der Waals surface area contributed by atoms with Gasteiger partial charge in [0.2, 0.25) is 10.6 Å². The van der Waals surface area contributed by atoms with Gasteiger partial charge in [-0.25, -0.2) is 14.6 Å². The number of amides is 4. The zero-order chi connectivity index (χ0) is 25.3. The number of likely N-dealkylation sites (tertiary alicyclic amines) is 1. The van der Waals surface area contributed by atoms with Crippen molar-refractivity contribution < 1.29 is 33.8 Å². The van der Waals surface area contributed by atoms with Crippen LogP contribution in [0.4, 0.5) is 9.59 Å². The maximum absolute atomic E-state index is 13.5. The molecule has 13 nitrogen and oxygen atoms in total. The summed E-state index contributed by atoms with van der Waals surface area (Å²) in [5, 5.41) is 26.3. The van der Waals surface area contributed by atoms with Gasteiger partial charge < -0.3 is 19.5 Å². The van der Waals surface area contributed by atoms with E-state index in [1.165, 1.54) is 17.2 Å². The molecule has 3 aromatic rings. The van der Waals surface area contributed by atoms with Crippen LogP contribution in [0.1, 0.15) is 52.4 Å². The SMILES string of the molecule is C[C@@H]1CC[C@@H](c2nc(C(=O)N(C(=O)O)C(=O)O)c(Br)o2)CN1C(=O)c1ccccc1-n1nccn1. The van der Waals surface area contributed by atoms with Crippen molar-refractivity contribution in [1.29, 1.82) is 0 Å². The summed E-state index contributed by atoms with van der Waals surface area (Å²) in [5.74, 6) is -1.95. The van der Waals surface area contributed by atoms with E-state index in [1.54, 1.807) is 29.2 Å². The Kier molecular flexibility index (Phi) is 6.64. The molecule has 4 amide bonds. The molecule has 0 radical (unpaired) electrons. The number of para-hydroxylation sites is 1. The monoisotopic (exact) mass is 546 g/mol. The van der Waals surface area contributed by atoms with Gasteiger partial charge in [-0.1, -0.05) is 12.1 Å². The summed E-state index contributed by atoms with van der Waals surface area (Å²) in [4.78, 5) is 55.0. The van der Waals surface area contributed by atoms with E-state index in [0.717, 1.165) is 0 Å². The molecule has 1 aliphatic rings. The summed E-state index contributed by atoms with van der Waals surface area (Å²) >= 11 is 3.02. The molecule has 2 aromatic heterocycles. The van der Waals surface area contributed by atoms with E-state index in [9.17, 15) is 19.2 Å². The summed E-state index contributed by atoms with van der Waals surface area (Å²) in [6, 6.07) is 6.83. The lowest BCUT2D eigenvalue weighted by Gasteiger charge is -2.37. The van der Waals surface area contributed by atoms with E-state index in [4.69, 9.17) is 14.6 Å². The van der Waals surface area contributed by atoms with Crippen molar-refractivity contribution in [3.63, 3.8) is 0 Å². The molecule has 182 valence electrons. The highest BCUT2D eigenvalue weighted by Gasteiger charge is 2.37. The first kappa shape index (κ1) is 24.1. The summed E-state index contributed by atoms with van der Waals surface area (Å²) < 4.78 is 5.35. The Morgan fingerprint density at radius 3 is 2.40 bits per heavy atom. The van der Waals surface area contributed by atoms with Gasteiger partial charge in [-0.2, -0.15) is 15.0 Å². The molecule has 4 rings (SSSR count). The molecule has 1 aliphatic heterocycles. The minimum Gasteiger partial charge on any atom is -0.464 e. The molecule has 1 fully saturated rings. The Balaban J connectivity index is 1.60. The maximum Gasteiger partial charge on any atom is 0.424 e. The van der Waals surface area contributed by atoms with E-state index in [2.05, 4.69) is 31.1 Å². The van der Waals surface area contributed by atoms with Crippen LogP contribution in [0.5, 0.6) is 0 Å². The molecule has 2 atom stereocenters. The Bertz CT molecular complexity index is 1280. The van der Waals surface area contributed by atoms with Gasteiger partial charge in [-0.05, 0) is 47.8 Å². The Morgan fingerprint density at radius 2 is 1.74 bits per heavy atom. The van der Waals surface area contributed by atoms with Crippen molar-refractivity contribution in [2.75, 3.05) is 6.54 Å². The largest absolute Gasteiger partial charge is 0.464 e. The highest BCUT2D eigenvalue weighted by Crippen LogP contribution is 2.33. The fourth-order valence-corrected chi connectivity index (χ4v) is 4.32. The lowest BCUT2D eigenvalue weighted by Crippen LogP contribution is -2.45. The molecule has 0 saturated carbocycles. The third kappa shape index (κ3) is 4.64. The molecule has 14 heteroatoms. The summed E-state index contributed by atoms with van der Waals surface area (Å²) in [7, 11) is 0. The zero-order valence-corrected chi connectivity index (χ0v) is 19.8. The van der Waals surface area contributed by atoms with Crippen molar-refractivity contribution in [3.8, 4) is 5.69 Å². The van der Waals surface area contributed by atoms with Gasteiger partial charge in [0, 0.05) is 12.6 Å². The average Bonchev–Trinajstić information content (AvgIpc) is 3.48.